The maximum Gasteiger partial charge on any atom is 0.197 e. The Bertz CT molecular complexity index is 3560. The van der Waals surface area contributed by atoms with E-state index in [1.54, 1.807) is 11.1 Å². The summed E-state index contributed by atoms with van der Waals surface area (Å²) in [7, 11) is 0. The first-order valence-electron chi connectivity index (χ1n) is 29.1. The van der Waals surface area contributed by atoms with Gasteiger partial charge in [0.05, 0.1) is 22.1 Å². The highest BCUT2D eigenvalue weighted by atomic mass is 16.1. The lowest BCUT2D eigenvalue weighted by molar-refractivity contribution is 0.137. The van der Waals surface area contributed by atoms with Gasteiger partial charge in [-0.15, -0.1) is 0 Å². The first-order valence-corrected chi connectivity index (χ1v) is 29.1. The third kappa shape index (κ3) is 6.32. The molecule has 0 radical (unpaired) electrons. The number of hydrogen-bond acceptors (Lipinski definition) is 2. The Hall–Kier alpha value is -6.52. The molecular weight excluding hydrogens is 901 g/mol. The summed E-state index contributed by atoms with van der Waals surface area (Å²) in [6, 6.07) is 53.9. The van der Waals surface area contributed by atoms with Crippen LogP contribution in [0, 0.1) is 23.7 Å². The number of aromatic nitrogens is 2. The molecule has 6 aliphatic rings. The van der Waals surface area contributed by atoms with Gasteiger partial charge in [-0.3, -0.25) is 9.59 Å². The second kappa shape index (κ2) is 17.5. The monoisotopic (exact) mass is 969 g/mol. The van der Waals surface area contributed by atoms with Crippen molar-refractivity contribution in [1.29, 1.82) is 0 Å². The van der Waals surface area contributed by atoms with Crippen molar-refractivity contribution < 1.29 is 0 Å². The average molecular weight is 969 g/mol. The van der Waals surface area contributed by atoms with Gasteiger partial charge < -0.3 is 9.13 Å². The van der Waals surface area contributed by atoms with Gasteiger partial charge in [0.2, 0.25) is 0 Å². The topological polar surface area (TPSA) is 44.0 Å². The lowest BCUT2D eigenvalue weighted by Crippen LogP contribution is -2.44. The highest BCUT2D eigenvalue weighted by molar-refractivity contribution is 6.05. The van der Waals surface area contributed by atoms with Crippen molar-refractivity contribution in [2.45, 2.75) is 139 Å². The second-order valence-electron chi connectivity index (χ2n) is 23.9. The summed E-state index contributed by atoms with van der Waals surface area (Å²) >= 11 is 0. The molecule has 4 saturated carbocycles. The molecular formula is C70H68N2O2. The minimum Gasteiger partial charge on any atom is -0.309 e. The van der Waals surface area contributed by atoms with Crippen LogP contribution in [0.3, 0.4) is 0 Å². The first-order chi connectivity index (χ1) is 36.6. The van der Waals surface area contributed by atoms with Crippen LogP contribution in [0.25, 0.3) is 77.2 Å². The van der Waals surface area contributed by atoms with Crippen LogP contribution in [-0.4, -0.2) is 9.13 Å². The Morgan fingerprint density at radius 1 is 0.297 bits per heavy atom. The second-order valence-corrected chi connectivity index (χ2v) is 23.9. The van der Waals surface area contributed by atoms with Gasteiger partial charge in [0, 0.05) is 43.7 Å². The molecule has 0 spiro atoms. The van der Waals surface area contributed by atoms with Gasteiger partial charge in [-0.05, 0) is 180 Å². The van der Waals surface area contributed by atoms with Gasteiger partial charge in [0.15, 0.2) is 10.9 Å². The molecule has 0 N–H and O–H groups in total. The quantitative estimate of drug-likeness (QED) is 0.156. The fourth-order valence-corrected chi connectivity index (χ4v) is 17.7. The normalized spacial score (nSPS) is 20.0. The molecule has 0 atom stereocenters. The Balaban J connectivity index is 0.993. The number of fused-ring (bicyclic) bond motifs is 10. The van der Waals surface area contributed by atoms with Gasteiger partial charge >= 0.3 is 0 Å². The van der Waals surface area contributed by atoms with Crippen LogP contribution in [-0.2, 0) is 10.8 Å². The predicted molar refractivity (Wildman–Crippen MR) is 306 cm³/mol. The van der Waals surface area contributed by atoms with Gasteiger partial charge in [0.1, 0.15) is 0 Å². The van der Waals surface area contributed by atoms with Crippen molar-refractivity contribution in [2.75, 3.05) is 0 Å². The van der Waals surface area contributed by atoms with Gasteiger partial charge in [-0.1, -0.05) is 162 Å². The van der Waals surface area contributed by atoms with Crippen molar-refractivity contribution in [3.63, 3.8) is 0 Å². The fourth-order valence-electron chi connectivity index (χ4n) is 17.7. The van der Waals surface area contributed by atoms with E-state index in [1.165, 1.54) is 162 Å². The van der Waals surface area contributed by atoms with Crippen molar-refractivity contribution in [1.82, 2.24) is 9.13 Å². The van der Waals surface area contributed by atoms with Crippen LogP contribution in [0.4, 0.5) is 0 Å². The van der Waals surface area contributed by atoms with Crippen molar-refractivity contribution in [3.05, 3.63) is 188 Å². The zero-order valence-corrected chi connectivity index (χ0v) is 43.0. The average Bonchev–Trinajstić information content (AvgIpc) is 3.96. The molecule has 6 aliphatic carbocycles. The summed E-state index contributed by atoms with van der Waals surface area (Å²) in [6.07, 6.45) is 25.8. The zero-order valence-electron chi connectivity index (χ0n) is 43.0. The van der Waals surface area contributed by atoms with Crippen LogP contribution in [0.2, 0.25) is 0 Å². The summed E-state index contributed by atoms with van der Waals surface area (Å²) in [4.78, 5) is 30.8. The van der Waals surface area contributed by atoms with Crippen molar-refractivity contribution in [2.24, 2.45) is 23.7 Å². The molecule has 0 aliphatic heterocycles. The number of nitrogens with zero attached hydrogens (tertiary/aromatic N) is 2. The number of benzene rings is 7. The smallest absolute Gasteiger partial charge is 0.197 e. The fraction of sp³-hybridized carbons (Fsp3) is 0.371. The van der Waals surface area contributed by atoms with E-state index in [2.05, 4.69) is 130 Å². The Morgan fingerprint density at radius 3 is 1.00 bits per heavy atom. The van der Waals surface area contributed by atoms with E-state index < -0.39 is 0 Å². The number of pyridine rings is 2. The third-order valence-corrected chi connectivity index (χ3v) is 20.6. The summed E-state index contributed by atoms with van der Waals surface area (Å²) in [5.74, 6) is 2.33. The Morgan fingerprint density at radius 2 is 0.622 bits per heavy atom. The Kier molecular flexibility index (Phi) is 10.6. The van der Waals surface area contributed by atoms with Crippen molar-refractivity contribution >= 4 is 43.6 Å². The highest BCUT2D eigenvalue weighted by Crippen LogP contribution is 2.64. The van der Waals surface area contributed by atoms with Crippen LogP contribution in [0.15, 0.2) is 155 Å². The maximum absolute atomic E-state index is 15.4. The molecule has 0 saturated heterocycles. The molecule has 0 unspecified atom stereocenters. The first kappa shape index (κ1) is 44.9. The van der Waals surface area contributed by atoms with E-state index in [0.717, 1.165) is 33.4 Å². The zero-order chi connectivity index (χ0) is 49.1. The molecule has 15 rings (SSSR count). The van der Waals surface area contributed by atoms with E-state index in [4.69, 9.17) is 0 Å². The number of hydrogen-bond donors (Lipinski definition) is 0. The maximum atomic E-state index is 15.4. The van der Waals surface area contributed by atoms with E-state index >= 15 is 9.59 Å². The predicted octanol–water partition coefficient (Wildman–Crippen LogP) is 17.5. The van der Waals surface area contributed by atoms with Crippen molar-refractivity contribution in [3.8, 4) is 33.6 Å². The number of rotatable bonds is 6. The minimum atomic E-state index is -0.0600. The minimum absolute atomic E-state index is 0.00578. The van der Waals surface area contributed by atoms with Crippen LogP contribution < -0.4 is 10.9 Å². The van der Waals surface area contributed by atoms with E-state index in [-0.39, 0.29) is 21.7 Å². The van der Waals surface area contributed by atoms with Gasteiger partial charge in [-0.25, -0.2) is 0 Å². The summed E-state index contributed by atoms with van der Waals surface area (Å²) in [6.45, 7) is 0. The molecule has 0 bridgehead atoms. The third-order valence-electron chi connectivity index (χ3n) is 20.6. The van der Waals surface area contributed by atoms with Crippen LogP contribution in [0.5, 0.6) is 0 Å². The standard InChI is InChI=1S/C70H68N2O2/c73-67-55-31-15-19-35-63(55)71(49-37-39-53-51-29-13-17-33-59(51)69(61(53)41-49,45-21-5-1-6-22-45)46-23-7-2-8-24-46)65-43-58-66(44-57(65)67)72(64-36-20-16-32-56(64)68(58)74)50-38-40-54-52-30-14-18-34-60(52)70(62(54)42-50,47-25-9-3-10-26-47)48-27-11-4-12-28-48/h13-20,29-48H,1-12,21-28H2. The molecule has 9 aromatic rings. The molecule has 74 heavy (non-hydrogen) atoms. The molecule has 4 nitrogen and oxygen atoms in total. The molecule has 7 aromatic carbocycles. The lowest BCUT2D eigenvalue weighted by atomic mass is 9.55. The molecule has 0 amide bonds. The van der Waals surface area contributed by atoms with Gasteiger partial charge in [-0.2, -0.15) is 0 Å². The SMILES string of the molecule is O=c1c2ccccc2n(-c2ccc3c(c2)C(C2CCCCC2)(C2CCCCC2)c2ccccc2-3)c2cc3c(=O)c4ccccc4n(-c4ccc5c(c4)C(C4CCCCC4)(C4CCCCC4)c4ccccc4-5)c3cc12. The largest absolute Gasteiger partial charge is 0.309 e. The molecule has 370 valence electrons. The molecule has 2 aromatic heterocycles. The molecule has 4 fully saturated rings. The molecule has 2 heterocycles. The van der Waals surface area contributed by atoms with Crippen LogP contribution in [0.1, 0.15) is 151 Å². The highest BCUT2D eigenvalue weighted by Gasteiger charge is 2.55. The van der Waals surface area contributed by atoms with E-state index in [0.29, 0.717) is 45.2 Å². The Labute approximate surface area is 435 Å². The van der Waals surface area contributed by atoms with Crippen LogP contribution >= 0.6 is 0 Å². The molecule has 4 heteroatoms. The lowest BCUT2D eigenvalue weighted by Gasteiger charge is -2.49. The summed E-state index contributed by atoms with van der Waals surface area (Å²) in [5.41, 5.74) is 17.0. The van der Waals surface area contributed by atoms with Gasteiger partial charge in [0.25, 0.3) is 0 Å². The summed E-state index contributed by atoms with van der Waals surface area (Å²) in [5, 5.41) is 2.68. The number of para-hydroxylation sites is 2. The van der Waals surface area contributed by atoms with E-state index in [9.17, 15) is 0 Å². The van der Waals surface area contributed by atoms with E-state index in [1.807, 2.05) is 24.3 Å². The summed E-state index contributed by atoms with van der Waals surface area (Å²) < 4.78 is 4.69.